The monoisotopic (exact) mass is 997 g/mol. The van der Waals surface area contributed by atoms with Gasteiger partial charge in [-0.05, 0) is 96.1 Å². The maximum atomic E-state index is 15.7. The van der Waals surface area contributed by atoms with Crippen molar-refractivity contribution in [3.8, 4) is 0 Å². The van der Waals surface area contributed by atoms with Crippen LogP contribution in [0.2, 0.25) is 0 Å². The average molecular weight is 997 g/mol. The van der Waals surface area contributed by atoms with Gasteiger partial charge >= 0.3 is 0 Å². The number of ether oxygens (including phenoxy) is 1. The Labute approximate surface area is 431 Å². The molecule has 73 heavy (non-hydrogen) atoms. The molecule has 6 amide bonds. The number of amides is 6. The molecule has 0 aromatic heterocycles. The summed E-state index contributed by atoms with van der Waals surface area (Å²) in [7, 11) is 5.00. The third kappa shape index (κ3) is 12.9. The van der Waals surface area contributed by atoms with Crippen LogP contribution in [0, 0.1) is 10.8 Å². The predicted octanol–water partition coefficient (Wildman–Crippen LogP) is 5.63. The molecular formula is C58H76N8O7. The third-order valence-corrected chi connectivity index (χ3v) is 14.6. The van der Waals surface area contributed by atoms with Gasteiger partial charge in [0.1, 0.15) is 18.1 Å². The van der Waals surface area contributed by atoms with Gasteiger partial charge < -0.3 is 46.0 Å². The molecule has 1 saturated heterocycles. The van der Waals surface area contributed by atoms with E-state index in [1.165, 1.54) is 5.56 Å². The van der Waals surface area contributed by atoms with E-state index >= 15 is 4.79 Å². The average Bonchev–Trinajstić information content (AvgIpc) is 3.80. The van der Waals surface area contributed by atoms with Gasteiger partial charge in [-0.25, -0.2) is 0 Å². The second kappa shape index (κ2) is 23.6. The number of rotatable bonds is 17. The van der Waals surface area contributed by atoms with E-state index in [1.54, 1.807) is 54.1 Å². The first-order chi connectivity index (χ1) is 34.8. The summed E-state index contributed by atoms with van der Waals surface area (Å²) in [5.74, 6) is -1.85. The number of hydrogen-bond donors (Lipinski definition) is 5. The van der Waals surface area contributed by atoms with Crippen LogP contribution >= 0.6 is 0 Å². The second-order valence-corrected chi connectivity index (χ2v) is 22.1. The van der Waals surface area contributed by atoms with E-state index in [1.807, 2.05) is 114 Å². The SMILES string of the molecule is CNCC(=O)NC(C(=O)N1Cc2ccccc2CC1C(=O)N(Cc1cccc(C(=O)N[C@H]2C[C@@H](C(=O)N[C@@H]3CCCc4ccccc43)N(C(=O)[C@@H](NC)C(C)(C)C)C2)c1)[C@@H](COC)c1ccccc1)C(C)(C)C. The smallest absolute Gasteiger partial charge is 0.251 e. The Morgan fingerprint density at radius 2 is 1.40 bits per heavy atom. The molecular weight excluding hydrogens is 921 g/mol. The van der Waals surface area contributed by atoms with Crippen molar-refractivity contribution in [1.29, 1.82) is 0 Å². The van der Waals surface area contributed by atoms with Crippen LogP contribution in [0.5, 0.6) is 0 Å². The summed E-state index contributed by atoms with van der Waals surface area (Å²) in [5, 5.41) is 15.4. The Bertz CT molecular complexity index is 2610. The van der Waals surface area contributed by atoms with Crippen molar-refractivity contribution in [3.63, 3.8) is 0 Å². The predicted molar refractivity (Wildman–Crippen MR) is 282 cm³/mol. The van der Waals surface area contributed by atoms with E-state index in [9.17, 15) is 24.0 Å². The molecule has 0 bridgehead atoms. The van der Waals surface area contributed by atoms with E-state index < -0.39 is 47.1 Å². The number of benzene rings is 4. The van der Waals surface area contributed by atoms with Crippen LogP contribution < -0.4 is 26.6 Å². The molecule has 7 rings (SSSR count). The van der Waals surface area contributed by atoms with Gasteiger partial charge in [-0.2, -0.15) is 0 Å². The number of carbonyl (C=O) groups is 6. The van der Waals surface area contributed by atoms with Crippen LogP contribution in [-0.4, -0.2) is 121 Å². The maximum absolute atomic E-state index is 15.7. The summed E-state index contributed by atoms with van der Waals surface area (Å²) in [6, 6.07) is 28.1. The van der Waals surface area contributed by atoms with E-state index in [0.29, 0.717) is 11.1 Å². The number of methoxy groups -OCH3 is 1. The lowest BCUT2D eigenvalue weighted by Crippen LogP contribution is -2.61. The summed E-state index contributed by atoms with van der Waals surface area (Å²) in [4.78, 5) is 91.9. The number of carbonyl (C=O) groups excluding carboxylic acids is 6. The quantitative estimate of drug-likeness (QED) is 0.0896. The Morgan fingerprint density at radius 1 is 0.740 bits per heavy atom. The van der Waals surface area contributed by atoms with Crippen LogP contribution in [0.4, 0.5) is 0 Å². The van der Waals surface area contributed by atoms with E-state index in [0.717, 1.165) is 41.5 Å². The fourth-order valence-corrected chi connectivity index (χ4v) is 10.9. The zero-order valence-corrected chi connectivity index (χ0v) is 44.1. The van der Waals surface area contributed by atoms with Crippen LogP contribution in [0.1, 0.15) is 117 Å². The number of likely N-dealkylation sites (N-methyl/N-ethyl adjacent to an activating group) is 2. The van der Waals surface area contributed by atoms with Gasteiger partial charge in [0.2, 0.25) is 29.5 Å². The number of nitrogens with one attached hydrogen (secondary N) is 5. The Balaban J connectivity index is 1.18. The van der Waals surface area contributed by atoms with E-state index in [-0.39, 0.29) is 87.1 Å². The fraction of sp³-hybridized carbons (Fsp3) is 0.483. The normalized spacial score (nSPS) is 19.9. The first kappa shape index (κ1) is 54.4. The van der Waals surface area contributed by atoms with Gasteiger partial charge in [-0.1, -0.05) is 133 Å². The van der Waals surface area contributed by atoms with Crippen LogP contribution in [-0.2, 0) is 54.6 Å². The molecule has 7 atom stereocenters. The summed E-state index contributed by atoms with van der Waals surface area (Å²) in [6.07, 6.45) is 3.15. The molecule has 5 N–H and O–H groups in total. The molecule has 2 heterocycles. The molecule has 1 fully saturated rings. The number of aryl methyl sites for hydroxylation is 1. The minimum absolute atomic E-state index is 0.0207. The molecule has 1 aliphatic carbocycles. The van der Waals surface area contributed by atoms with Crippen molar-refractivity contribution in [3.05, 3.63) is 142 Å². The van der Waals surface area contributed by atoms with Crippen molar-refractivity contribution in [2.75, 3.05) is 40.9 Å². The molecule has 2 unspecified atom stereocenters. The molecule has 390 valence electrons. The molecule has 0 radical (unpaired) electrons. The second-order valence-electron chi connectivity index (χ2n) is 22.1. The summed E-state index contributed by atoms with van der Waals surface area (Å²) in [6.45, 7) is 12.1. The number of likely N-dealkylation sites (tertiary alicyclic amines) is 1. The first-order valence-corrected chi connectivity index (χ1v) is 25.7. The molecule has 4 aromatic carbocycles. The highest BCUT2D eigenvalue weighted by molar-refractivity contribution is 5.96. The van der Waals surface area contributed by atoms with E-state index in [2.05, 4.69) is 38.7 Å². The molecule has 15 heteroatoms. The van der Waals surface area contributed by atoms with Crippen molar-refractivity contribution in [2.24, 2.45) is 10.8 Å². The van der Waals surface area contributed by atoms with Crippen molar-refractivity contribution in [1.82, 2.24) is 41.3 Å². The zero-order chi connectivity index (χ0) is 52.6. The maximum Gasteiger partial charge on any atom is 0.251 e. The molecule has 3 aliphatic rings. The van der Waals surface area contributed by atoms with Crippen molar-refractivity contribution < 1.29 is 33.5 Å². The van der Waals surface area contributed by atoms with Crippen molar-refractivity contribution >= 4 is 35.4 Å². The summed E-state index contributed by atoms with van der Waals surface area (Å²) in [5.41, 5.74) is 4.85. The van der Waals surface area contributed by atoms with Gasteiger partial charge in [0.15, 0.2) is 0 Å². The number of hydrogen-bond acceptors (Lipinski definition) is 9. The highest BCUT2D eigenvalue weighted by atomic mass is 16.5. The van der Waals surface area contributed by atoms with E-state index in [4.69, 9.17) is 4.74 Å². The highest BCUT2D eigenvalue weighted by Gasteiger charge is 2.46. The van der Waals surface area contributed by atoms with Gasteiger partial charge in [0.25, 0.3) is 5.91 Å². The van der Waals surface area contributed by atoms with Crippen LogP contribution in [0.25, 0.3) is 0 Å². The van der Waals surface area contributed by atoms with Crippen molar-refractivity contribution in [2.45, 2.75) is 129 Å². The number of nitrogens with zero attached hydrogens (tertiary/aromatic N) is 3. The summed E-state index contributed by atoms with van der Waals surface area (Å²) < 4.78 is 5.83. The lowest BCUT2D eigenvalue weighted by molar-refractivity contribution is -0.153. The molecule has 4 aromatic rings. The largest absolute Gasteiger partial charge is 0.382 e. The van der Waals surface area contributed by atoms with Gasteiger partial charge in [-0.15, -0.1) is 0 Å². The standard InChI is InChI=1S/C58H76N8O7/c1-57(2,3)50(60-8)55(71)66-35-43(31-46(66)53(69)62-45-28-18-25-38-20-15-16-27-44(38)45)61-52(68)41-26-17-19-37(29-41)33-64(48(36-73-9)39-21-11-10-12-22-39)54(70)47-30-40-23-13-14-24-42(40)34-65(47)56(72)51(58(4,5)6)63-49(67)32-59-7/h10-17,19-24,26-27,29,43,45-48,50-51,59-60H,18,25,28,30-36H2,1-9H3,(H,61,68)(H,62,69)(H,63,67)/t43-,45+,46-,47?,48-,50+,51?/m0/s1. The topological polar surface area (TPSA) is 182 Å². The zero-order valence-electron chi connectivity index (χ0n) is 44.1. The van der Waals surface area contributed by atoms with Crippen LogP contribution in [0.3, 0.4) is 0 Å². The first-order valence-electron chi connectivity index (χ1n) is 25.7. The lowest BCUT2D eigenvalue weighted by Gasteiger charge is -2.43. The molecule has 0 saturated carbocycles. The van der Waals surface area contributed by atoms with Crippen LogP contribution in [0.15, 0.2) is 103 Å². The van der Waals surface area contributed by atoms with Gasteiger partial charge in [-0.3, -0.25) is 28.8 Å². The number of fused-ring (bicyclic) bond motifs is 2. The van der Waals surface area contributed by atoms with Gasteiger partial charge in [0, 0.05) is 44.8 Å². The highest BCUT2D eigenvalue weighted by Crippen LogP contribution is 2.34. The Morgan fingerprint density at radius 3 is 2.07 bits per heavy atom. The molecule has 15 nitrogen and oxygen atoms in total. The minimum Gasteiger partial charge on any atom is -0.382 e. The lowest BCUT2D eigenvalue weighted by atomic mass is 9.84. The fourth-order valence-electron chi connectivity index (χ4n) is 10.9. The molecule has 2 aliphatic heterocycles. The Hall–Kier alpha value is -6.42. The Kier molecular flexibility index (Phi) is 17.6. The minimum atomic E-state index is -0.949. The summed E-state index contributed by atoms with van der Waals surface area (Å²) >= 11 is 0. The molecule has 0 spiro atoms. The third-order valence-electron chi connectivity index (χ3n) is 14.6. The van der Waals surface area contributed by atoms with Gasteiger partial charge in [0.05, 0.1) is 31.3 Å².